The molecule has 3 heteroatoms. The van der Waals surface area contributed by atoms with Crippen LogP contribution in [0.3, 0.4) is 0 Å². The minimum absolute atomic E-state index is 0.788. The molecule has 1 rings (SSSR count). The maximum atomic E-state index is 5.56. The van der Waals surface area contributed by atoms with E-state index in [0.717, 1.165) is 31.6 Å². The van der Waals surface area contributed by atoms with E-state index < -0.39 is 0 Å². The highest BCUT2D eigenvalue weighted by Gasteiger charge is 2.15. The van der Waals surface area contributed by atoms with Crippen LogP contribution in [0.4, 0.5) is 0 Å². The van der Waals surface area contributed by atoms with Gasteiger partial charge in [0.1, 0.15) is 0 Å². The lowest BCUT2D eigenvalue weighted by Crippen LogP contribution is -2.30. The fourth-order valence-corrected chi connectivity index (χ4v) is 2.60. The lowest BCUT2D eigenvalue weighted by Gasteiger charge is -2.27. The largest absolute Gasteiger partial charge is 0.381 e. The summed E-state index contributed by atoms with van der Waals surface area (Å²) in [5, 5.41) is 0. The quantitative estimate of drug-likeness (QED) is 0.708. The highest BCUT2D eigenvalue weighted by molar-refractivity contribution is 4.67. The Morgan fingerprint density at radius 3 is 2.65 bits per heavy atom. The molecule has 1 fully saturated rings. The maximum Gasteiger partial charge on any atom is 0.0469 e. The molecular weight excluding hydrogens is 212 g/mol. The van der Waals surface area contributed by atoms with Gasteiger partial charge >= 0.3 is 0 Å². The normalized spacial score (nSPS) is 19.8. The molecule has 1 saturated heterocycles. The Bertz CT molecular complexity index is 181. The van der Waals surface area contributed by atoms with Crippen LogP contribution in [0.25, 0.3) is 0 Å². The number of nitrogens with zero attached hydrogens (tertiary/aromatic N) is 1. The van der Waals surface area contributed by atoms with Crippen LogP contribution >= 0.6 is 0 Å². The van der Waals surface area contributed by atoms with Crippen molar-refractivity contribution < 1.29 is 4.74 Å². The van der Waals surface area contributed by atoms with Crippen molar-refractivity contribution in [3.8, 4) is 0 Å². The maximum absolute atomic E-state index is 5.56. The molecule has 1 aliphatic heterocycles. The molecule has 3 nitrogen and oxygen atoms in total. The van der Waals surface area contributed by atoms with Crippen LogP contribution < -0.4 is 5.73 Å². The first-order chi connectivity index (χ1) is 8.22. The molecule has 102 valence electrons. The zero-order valence-corrected chi connectivity index (χ0v) is 11.7. The van der Waals surface area contributed by atoms with Gasteiger partial charge in [0.25, 0.3) is 0 Å². The molecule has 0 aliphatic carbocycles. The van der Waals surface area contributed by atoms with Crippen LogP contribution in [0, 0.1) is 11.8 Å². The molecule has 0 aromatic carbocycles. The van der Waals surface area contributed by atoms with Crippen molar-refractivity contribution >= 4 is 0 Å². The van der Waals surface area contributed by atoms with Gasteiger partial charge in [0.15, 0.2) is 0 Å². The Balaban J connectivity index is 2.02. The third-order valence-corrected chi connectivity index (χ3v) is 3.81. The Labute approximate surface area is 107 Å². The summed E-state index contributed by atoms with van der Waals surface area (Å²) in [7, 11) is 2.25. The molecule has 0 amide bonds. The third-order valence-electron chi connectivity index (χ3n) is 3.81. The molecule has 0 aromatic rings. The fraction of sp³-hybridized carbons (Fsp3) is 1.00. The molecule has 0 radical (unpaired) electrons. The molecule has 1 heterocycles. The Hall–Kier alpha value is -0.120. The Kier molecular flexibility index (Phi) is 7.82. The molecule has 17 heavy (non-hydrogen) atoms. The van der Waals surface area contributed by atoms with Crippen molar-refractivity contribution in [3.63, 3.8) is 0 Å². The van der Waals surface area contributed by atoms with E-state index in [-0.39, 0.29) is 0 Å². The van der Waals surface area contributed by atoms with Gasteiger partial charge in [-0.3, -0.25) is 0 Å². The number of ether oxygens (including phenoxy) is 1. The summed E-state index contributed by atoms with van der Waals surface area (Å²) >= 11 is 0. The highest BCUT2D eigenvalue weighted by atomic mass is 16.5. The molecule has 0 saturated carbocycles. The lowest BCUT2D eigenvalue weighted by molar-refractivity contribution is 0.0555. The second-order valence-electron chi connectivity index (χ2n) is 5.64. The summed E-state index contributed by atoms with van der Waals surface area (Å²) in [6.07, 6.45) is 6.28. The van der Waals surface area contributed by atoms with Gasteiger partial charge in [-0.05, 0) is 64.1 Å². The van der Waals surface area contributed by atoms with Crippen molar-refractivity contribution in [2.75, 3.05) is 39.9 Å². The predicted molar refractivity (Wildman–Crippen MR) is 73.1 cm³/mol. The van der Waals surface area contributed by atoms with Crippen LogP contribution in [0.1, 0.15) is 39.0 Å². The van der Waals surface area contributed by atoms with Crippen LogP contribution in [-0.4, -0.2) is 44.8 Å². The third kappa shape index (κ3) is 7.02. The van der Waals surface area contributed by atoms with E-state index in [1.54, 1.807) is 0 Å². The molecule has 2 N–H and O–H groups in total. The summed E-state index contributed by atoms with van der Waals surface area (Å²) in [5.74, 6) is 1.65. The molecule has 1 aliphatic rings. The van der Waals surface area contributed by atoms with Crippen molar-refractivity contribution in [1.82, 2.24) is 4.90 Å². The van der Waals surface area contributed by atoms with E-state index in [2.05, 4.69) is 18.9 Å². The van der Waals surface area contributed by atoms with Crippen LogP contribution in [-0.2, 0) is 4.74 Å². The zero-order chi connectivity index (χ0) is 12.5. The molecule has 1 unspecified atom stereocenters. The van der Waals surface area contributed by atoms with Crippen molar-refractivity contribution in [1.29, 1.82) is 0 Å². The van der Waals surface area contributed by atoms with Crippen molar-refractivity contribution in [2.45, 2.75) is 39.0 Å². The van der Waals surface area contributed by atoms with E-state index in [0.29, 0.717) is 0 Å². The van der Waals surface area contributed by atoms with E-state index in [4.69, 9.17) is 10.5 Å². The minimum Gasteiger partial charge on any atom is -0.381 e. The molecule has 1 atom stereocenters. The number of hydrogen-bond donors (Lipinski definition) is 1. The van der Waals surface area contributed by atoms with Gasteiger partial charge < -0.3 is 15.4 Å². The van der Waals surface area contributed by atoms with Crippen LogP contribution in [0.2, 0.25) is 0 Å². The summed E-state index contributed by atoms with van der Waals surface area (Å²) in [5.41, 5.74) is 5.56. The molecule has 0 bridgehead atoms. The topological polar surface area (TPSA) is 38.5 Å². The van der Waals surface area contributed by atoms with Gasteiger partial charge in [0, 0.05) is 19.8 Å². The molecule has 0 spiro atoms. The Morgan fingerprint density at radius 2 is 2.00 bits per heavy atom. The predicted octanol–water partition coefficient (Wildman–Crippen LogP) is 2.11. The average molecular weight is 242 g/mol. The number of rotatable bonds is 8. The van der Waals surface area contributed by atoms with Gasteiger partial charge in [0.05, 0.1) is 0 Å². The number of hydrogen-bond acceptors (Lipinski definition) is 3. The Morgan fingerprint density at radius 1 is 1.29 bits per heavy atom. The van der Waals surface area contributed by atoms with E-state index in [1.165, 1.54) is 45.2 Å². The minimum atomic E-state index is 0.788. The summed E-state index contributed by atoms with van der Waals surface area (Å²) in [4.78, 5) is 2.49. The zero-order valence-electron chi connectivity index (χ0n) is 11.7. The first-order valence-electron chi connectivity index (χ1n) is 7.18. The fourth-order valence-electron chi connectivity index (χ4n) is 2.60. The highest BCUT2D eigenvalue weighted by Crippen LogP contribution is 2.16. The van der Waals surface area contributed by atoms with E-state index in [1.807, 2.05) is 0 Å². The first-order valence-corrected chi connectivity index (χ1v) is 7.18. The lowest BCUT2D eigenvalue weighted by atomic mass is 9.99. The van der Waals surface area contributed by atoms with Gasteiger partial charge in [-0.2, -0.15) is 0 Å². The van der Waals surface area contributed by atoms with Crippen LogP contribution in [0.15, 0.2) is 0 Å². The van der Waals surface area contributed by atoms with E-state index in [9.17, 15) is 0 Å². The summed E-state index contributed by atoms with van der Waals surface area (Å²) in [6.45, 7) is 7.55. The van der Waals surface area contributed by atoms with Crippen molar-refractivity contribution in [3.05, 3.63) is 0 Å². The number of nitrogens with two attached hydrogens (primary N) is 1. The summed E-state index contributed by atoms with van der Waals surface area (Å²) < 4.78 is 5.39. The van der Waals surface area contributed by atoms with Gasteiger partial charge in [-0.25, -0.2) is 0 Å². The van der Waals surface area contributed by atoms with E-state index >= 15 is 0 Å². The standard InChI is InChI=1S/C14H30N2O/c1-13(5-8-15)4-3-9-16(2)12-14-6-10-17-11-7-14/h13-14H,3-12,15H2,1-2H3. The van der Waals surface area contributed by atoms with Gasteiger partial charge in [-0.15, -0.1) is 0 Å². The second kappa shape index (κ2) is 8.90. The van der Waals surface area contributed by atoms with Crippen LogP contribution in [0.5, 0.6) is 0 Å². The second-order valence-corrected chi connectivity index (χ2v) is 5.64. The monoisotopic (exact) mass is 242 g/mol. The average Bonchev–Trinajstić information content (AvgIpc) is 2.30. The SMILES string of the molecule is CC(CCN)CCCN(C)CC1CCOCC1. The summed E-state index contributed by atoms with van der Waals surface area (Å²) in [6, 6.07) is 0. The van der Waals surface area contributed by atoms with Gasteiger partial charge in [0.2, 0.25) is 0 Å². The first kappa shape index (κ1) is 14.9. The molecular formula is C14H30N2O. The van der Waals surface area contributed by atoms with Crippen molar-refractivity contribution in [2.24, 2.45) is 17.6 Å². The van der Waals surface area contributed by atoms with Gasteiger partial charge in [-0.1, -0.05) is 6.92 Å². The smallest absolute Gasteiger partial charge is 0.0469 e. The molecule has 0 aromatic heterocycles.